The summed E-state index contributed by atoms with van der Waals surface area (Å²) in [7, 11) is 0. The lowest BCUT2D eigenvalue weighted by Crippen LogP contribution is -2.44. The highest BCUT2D eigenvalue weighted by Crippen LogP contribution is 2.29. The van der Waals surface area contributed by atoms with Gasteiger partial charge in [0.1, 0.15) is 0 Å². The van der Waals surface area contributed by atoms with Crippen LogP contribution in [0.25, 0.3) is 12.2 Å². The maximum Gasteiger partial charge on any atom is 0.266 e. The van der Waals surface area contributed by atoms with Gasteiger partial charge in [-0.15, -0.1) is 11.3 Å². The van der Waals surface area contributed by atoms with Gasteiger partial charge in [-0.1, -0.05) is 26.8 Å². The SMILES string of the molecule is CCOc1cc(/C=c2\s/c(=C\C(=O)C(C)(C)C)[nH]c2=O)ccc1OCC(=O)N(C(C)C)C(C)C. The predicted molar refractivity (Wildman–Crippen MR) is 137 cm³/mol. The van der Waals surface area contributed by atoms with Gasteiger partial charge in [0.05, 0.1) is 15.8 Å². The first-order valence-corrected chi connectivity index (χ1v) is 12.3. The summed E-state index contributed by atoms with van der Waals surface area (Å²) >= 11 is 1.22. The molecule has 0 aliphatic heterocycles. The molecule has 1 amide bonds. The van der Waals surface area contributed by atoms with Crippen LogP contribution in [0.4, 0.5) is 0 Å². The van der Waals surface area contributed by atoms with Gasteiger partial charge < -0.3 is 19.4 Å². The number of nitrogens with one attached hydrogen (secondary N) is 1. The number of hydrogen-bond acceptors (Lipinski definition) is 6. The van der Waals surface area contributed by atoms with Crippen LogP contribution in [0, 0.1) is 5.41 Å². The van der Waals surface area contributed by atoms with E-state index in [1.165, 1.54) is 17.4 Å². The number of ketones is 1. The fourth-order valence-corrected chi connectivity index (χ4v) is 4.28. The first kappa shape index (κ1) is 27.4. The van der Waals surface area contributed by atoms with Crippen LogP contribution in [0.5, 0.6) is 11.5 Å². The number of rotatable bonds is 9. The Hall–Kier alpha value is -2.87. The number of benzene rings is 1. The van der Waals surface area contributed by atoms with E-state index in [9.17, 15) is 14.4 Å². The van der Waals surface area contributed by atoms with Crippen molar-refractivity contribution in [1.29, 1.82) is 0 Å². The lowest BCUT2D eigenvalue weighted by atomic mass is 9.91. The van der Waals surface area contributed by atoms with Crippen molar-refractivity contribution in [3.63, 3.8) is 0 Å². The Bertz CT molecular complexity index is 1180. The number of aromatic nitrogens is 1. The topological polar surface area (TPSA) is 88.7 Å². The highest BCUT2D eigenvalue weighted by atomic mass is 32.1. The predicted octanol–water partition coefficient (Wildman–Crippen LogP) is 3.08. The Kier molecular flexibility index (Phi) is 9.27. The largest absolute Gasteiger partial charge is 0.490 e. The molecule has 0 bridgehead atoms. The molecule has 0 spiro atoms. The molecule has 1 aromatic carbocycles. The molecule has 0 saturated carbocycles. The highest BCUT2D eigenvalue weighted by molar-refractivity contribution is 7.07. The molecule has 1 N–H and O–H groups in total. The van der Waals surface area contributed by atoms with Crippen molar-refractivity contribution in [2.24, 2.45) is 5.41 Å². The van der Waals surface area contributed by atoms with E-state index in [1.54, 1.807) is 29.2 Å². The smallest absolute Gasteiger partial charge is 0.266 e. The van der Waals surface area contributed by atoms with Crippen LogP contribution in [0.2, 0.25) is 0 Å². The number of ether oxygens (including phenoxy) is 2. The summed E-state index contributed by atoms with van der Waals surface area (Å²) < 4.78 is 12.5. The van der Waals surface area contributed by atoms with Gasteiger partial charge in [0.2, 0.25) is 0 Å². The van der Waals surface area contributed by atoms with Gasteiger partial charge in [0.15, 0.2) is 23.9 Å². The molecule has 34 heavy (non-hydrogen) atoms. The highest BCUT2D eigenvalue weighted by Gasteiger charge is 2.21. The monoisotopic (exact) mass is 488 g/mol. The van der Waals surface area contributed by atoms with Gasteiger partial charge >= 0.3 is 0 Å². The van der Waals surface area contributed by atoms with Gasteiger partial charge in [-0.25, -0.2) is 0 Å². The van der Waals surface area contributed by atoms with Crippen molar-refractivity contribution in [2.75, 3.05) is 13.2 Å². The first-order valence-electron chi connectivity index (χ1n) is 11.5. The molecule has 2 aromatic rings. The van der Waals surface area contributed by atoms with Crippen LogP contribution in [-0.2, 0) is 9.59 Å². The van der Waals surface area contributed by atoms with Crippen LogP contribution >= 0.6 is 11.3 Å². The molecule has 186 valence electrons. The van der Waals surface area contributed by atoms with Crippen LogP contribution in [-0.4, -0.2) is 46.9 Å². The average molecular weight is 489 g/mol. The van der Waals surface area contributed by atoms with Crippen LogP contribution < -0.4 is 24.2 Å². The van der Waals surface area contributed by atoms with E-state index in [1.807, 2.05) is 55.4 Å². The van der Waals surface area contributed by atoms with Crippen LogP contribution in [0.1, 0.15) is 61.0 Å². The number of aromatic amines is 1. The standard InChI is InChI=1S/C26H36N2O5S/c1-9-32-20-12-18(10-11-19(20)33-15-24(30)28(16(2)3)17(4)5)13-21-25(31)27-23(34-21)14-22(29)26(6,7)8/h10-14,16-17H,9,15H2,1-8H3,(H,27,31)/b21-13-,23-14-. The molecule has 0 unspecified atom stereocenters. The second-order valence-electron chi connectivity index (χ2n) is 9.60. The molecule has 7 nitrogen and oxygen atoms in total. The number of carbonyl (C=O) groups excluding carboxylic acids is 2. The van der Waals surface area contributed by atoms with E-state index in [4.69, 9.17) is 9.47 Å². The minimum absolute atomic E-state index is 0.0558. The van der Waals surface area contributed by atoms with E-state index in [2.05, 4.69) is 4.98 Å². The first-order chi connectivity index (χ1) is 15.8. The van der Waals surface area contributed by atoms with Crippen LogP contribution in [0.15, 0.2) is 23.0 Å². The maximum absolute atomic E-state index is 12.6. The Morgan fingerprint density at radius 3 is 2.29 bits per heavy atom. The van der Waals surface area contributed by atoms with Gasteiger partial charge in [0.25, 0.3) is 11.5 Å². The number of H-pyrrole nitrogens is 1. The molecule has 1 aromatic heterocycles. The Morgan fingerprint density at radius 2 is 1.74 bits per heavy atom. The van der Waals surface area contributed by atoms with Crippen LogP contribution in [0.3, 0.4) is 0 Å². The van der Waals surface area contributed by atoms with E-state index in [0.29, 0.717) is 27.3 Å². The summed E-state index contributed by atoms with van der Waals surface area (Å²) in [5, 5.41) is 0. The molecule has 0 fully saturated rings. The minimum Gasteiger partial charge on any atom is -0.490 e. The summed E-state index contributed by atoms with van der Waals surface area (Å²) in [5.41, 5.74) is -0.0334. The van der Waals surface area contributed by atoms with Crippen molar-refractivity contribution >= 4 is 35.2 Å². The number of carbonyl (C=O) groups is 2. The third-order valence-electron chi connectivity index (χ3n) is 5.00. The Morgan fingerprint density at radius 1 is 1.09 bits per heavy atom. The van der Waals surface area contributed by atoms with E-state index in [-0.39, 0.29) is 35.9 Å². The van der Waals surface area contributed by atoms with Crippen molar-refractivity contribution in [1.82, 2.24) is 9.88 Å². The summed E-state index contributed by atoms with van der Waals surface area (Å²) in [6.07, 6.45) is 3.21. The molecular formula is C26H36N2O5S. The fraction of sp³-hybridized carbons (Fsp3) is 0.500. The summed E-state index contributed by atoms with van der Waals surface area (Å²) in [4.78, 5) is 41.8. The number of hydrogen-bond donors (Lipinski definition) is 1. The summed E-state index contributed by atoms with van der Waals surface area (Å²) in [6.45, 7) is 15.6. The van der Waals surface area contributed by atoms with Crippen molar-refractivity contribution < 1.29 is 19.1 Å². The molecule has 0 aliphatic rings. The number of Topliss-reactive ketones (excluding diaryl/α,β-unsaturated/α-hetero) is 1. The Balaban J connectivity index is 2.32. The molecule has 2 rings (SSSR count). The zero-order valence-electron chi connectivity index (χ0n) is 21.4. The van der Waals surface area contributed by atoms with E-state index >= 15 is 0 Å². The van der Waals surface area contributed by atoms with E-state index < -0.39 is 5.41 Å². The molecular weight excluding hydrogens is 452 g/mol. The lowest BCUT2D eigenvalue weighted by Gasteiger charge is -2.30. The molecule has 1 heterocycles. The third-order valence-corrected chi connectivity index (χ3v) is 5.96. The van der Waals surface area contributed by atoms with Gasteiger partial charge in [-0.2, -0.15) is 0 Å². The average Bonchev–Trinajstić information content (AvgIpc) is 3.05. The summed E-state index contributed by atoms with van der Waals surface area (Å²) in [6, 6.07) is 5.45. The molecule has 8 heteroatoms. The summed E-state index contributed by atoms with van der Waals surface area (Å²) in [5.74, 6) is 0.804. The molecule has 0 aliphatic carbocycles. The second kappa shape index (κ2) is 11.5. The number of thiazole rings is 1. The lowest BCUT2D eigenvalue weighted by molar-refractivity contribution is -0.137. The molecule has 0 atom stereocenters. The number of amides is 1. The second-order valence-corrected chi connectivity index (χ2v) is 10.7. The van der Waals surface area contributed by atoms with Crippen molar-refractivity contribution in [2.45, 2.75) is 67.5 Å². The van der Waals surface area contributed by atoms with Gasteiger partial charge in [-0.3, -0.25) is 14.4 Å². The Labute approximate surface area is 205 Å². The van der Waals surface area contributed by atoms with Gasteiger partial charge in [-0.05, 0) is 58.4 Å². The molecule has 0 radical (unpaired) electrons. The number of nitrogens with zero attached hydrogens (tertiary/aromatic N) is 1. The van der Waals surface area contributed by atoms with Crippen molar-refractivity contribution in [3.05, 3.63) is 43.3 Å². The molecule has 0 saturated heterocycles. The maximum atomic E-state index is 12.6. The zero-order valence-corrected chi connectivity index (χ0v) is 22.2. The fourth-order valence-electron chi connectivity index (χ4n) is 3.40. The minimum atomic E-state index is -0.518. The quantitative estimate of drug-likeness (QED) is 0.586. The normalized spacial score (nSPS) is 13.0. The zero-order chi connectivity index (χ0) is 25.6. The van der Waals surface area contributed by atoms with Gasteiger partial charge in [0, 0.05) is 23.6 Å². The van der Waals surface area contributed by atoms with E-state index in [0.717, 1.165) is 5.56 Å². The third kappa shape index (κ3) is 7.32. The van der Waals surface area contributed by atoms with Crippen molar-refractivity contribution in [3.8, 4) is 11.5 Å².